The molecule has 0 aliphatic rings. The second-order valence-electron chi connectivity index (χ2n) is 12.0. The molecular weight excluding hydrogens is 577 g/mol. The van der Waals surface area contributed by atoms with Gasteiger partial charge in [-0.3, -0.25) is 0 Å². The van der Waals surface area contributed by atoms with Crippen molar-refractivity contribution in [3.63, 3.8) is 0 Å². The lowest BCUT2D eigenvalue weighted by atomic mass is 9.73. The predicted molar refractivity (Wildman–Crippen MR) is 204 cm³/mol. The average molecular weight is 611 g/mol. The van der Waals surface area contributed by atoms with Gasteiger partial charge in [0.1, 0.15) is 0 Å². The van der Waals surface area contributed by atoms with Gasteiger partial charge in [-0.2, -0.15) is 0 Å². The predicted octanol–water partition coefficient (Wildman–Crippen LogP) is 13.4. The summed E-state index contributed by atoms with van der Waals surface area (Å²) in [6.07, 6.45) is 0. The van der Waals surface area contributed by atoms with Crippen molar-refractivity contribution in [2.75, 3.05) is 0 Å². The molecule has 0 saturated heterocycles. The summed E-state index contributed by atoms with van der Waals surface area (Å²) in [5, 5.41) is 0. The van der Waals surface area contributed by atoms with Crippen LogP contribution >= 0.6 is 0 Å². The molecule has 48 heavy (non-hydrogen) atoms. The van der Waals surface area contributed by atoms with Gasteiger partial charge < -0.3 is 0 Å². The zero-order chi connectivity index (χ0) is 32.1. The minimum Gasteiger partial charge on any atom is -0.0622 e. The van der Waals surface area contributed by atoms with E-state index in [-0.39, 0.29) is 0 Å². The minimum absolute atomic E-state index is 1.18. The average Bonchev–Trinajstić information content (AvgIpc) is 3.19. The molecule has 226 valence electrons. The lowest BCUT2D eigenvalue weighted by Crippen LogP contribution is -2.02. The molecule has 0 nitrogen and oxygen atoms in total. The first-order valence-electron chi connectivity index (χ1n) is 16.5. The van der Waals surface area contributed by atoms with Crippen molar-refractivity contribution in [3.8, 4) is 77.9 Å². The highest BCUT2D eigenvalue weighted by Crippen LogP contribution is 2.56. The molecule has 0 heterocycles. The van der Waals surface area contributed by atoms with Gasteiger partial charge in [0.15, 0.2) is 0 Å². The van der Waals surface area contributed by atoms with Crippen LogP contribution in [0.3, 0.4) is 0 Å². The molecule has 0 aromatic heterocycles. The van der Waals surface area contributed by atoms with Gasteiger partial charge in [-0.1, -0.05) is 206 Å². The molecule has 0 bridgehead atoms. The summed E-state index contributed by atoms with van der Waals surface area (Å²) >= 11 is 0. The van der Waals surface area contributed by atoms with E-state index in [2.05, 4.69) is 206 Å². The number of hydrogen-bond acceptors (Lipinski definition) is 0. The summed E-state index contributed by atoms with van der Waals surface area (Å²) in [5.74, 6) is 0. The van der Waals surface area contributed by atoms with Crippen LogP contribution in [0.1, 0.15) is 0 Å². The van der Waals surface area contributed by atoms with Gasteiger partial charge in [0.25, 0.3) is 0 Å². The molecule has 0 saturated carbocycles. The molecule has 0 N–H and O–H groups in total. The van der Waals surface area contributed by atoms with Crippen LogP contribution in [-0.2, 0) is 0 Å². The zero-order valence-electron chi connectivity index (χ0n) is 26.6. The number of hydrogen-bond donors (Lipinski definition) is 0. The largest absolute Gasteiger partial charge is 0.0622 e. The van der Waals surface area contributed by atoms with E-state index in [4.69, 9.17) is 0 Å². The second-order valence-corrected chi connectivity index (χ2v) is 12.0. The van der Waals surface area contributed by atoms with E-state index in [1.54, 1.807) is 0 Å². The van der Waals surface area contributed by atoms with E-state index >= 15 is 0 Å². The third-order valence-electron chi connectivity index (χ3n) is 9.09. The molecule has 0 aliphatic carbocycles. The maximum absolute atomic E-state index is 2.31. The van der Waals surface area contributed by atoms with Crippen LogP contribution in [-0.4, -0.2) is 0 Å². The summed E-state index contributed by atoms with van der Waals surface area (Å²) in [5.41, 5.74) is 16.9. The molecule has 0 aliphatic heterocycles. The Hall–Kier alpha value is -6.24. The molecular formula is C48H34. The molecule has 0 unspecified atom stereocenters. The van der Waals surface area contributed by atoms with Crippen molar-refractivity contribution in [1.29, 1.82) is 0 Å². The van der Waals surface area contributed by atoms with Gasteiger partial charge in [0.2, 0.25) is 0 Å². The number of rotatable bonds is 7. The molecule has 0 atom stereocenters. The SMILES string of the molecule is c1ccc(-c2ccccc2-c2c(-c3ccccc3)c(-c3ccccc3)c(-c3ccccc3)c(-c3ccccc3)c2-c2ccccc2)cc1. The van der Waals surface area contributed by atoms with E-state index in [1.807, 2.05) is 0 Å². The smallest absolute Gasteiger partial charge is 0.000764 e. The molecule has 8 aromatic carbocycles. The van der Waals surface area contributed by atoms with Crippen LogP contribution in [0.25, 0.3) is 77.9 Å². The highest BCUT2D eigenvalue weighted by atomic mass is 14.3. The van der Waals surface area contributed by atoms with Gasteiger partial charge in [0.05, 0.1) is 0 Å². The Morgan fingerprint density at radius 1 is 0.146 bits per heavy atom. The topological polar surface area (TPSA) is 0 Å². The molecule has 0 amide bonds. The lowest BCUT2D eigenvalue weighted by Gasteiger charge is -2.29. The quantitative estimate of drug-likeness (QED) is 0.168. The first kappa shape index (κ1) is 29.2. The van der Waals surface area contributed by atoms with Crippen LogP contribution in [0.2, 0.25) is 0 Å². The van der Waals surface area contributed by atoms with Gasteiger partial charge >= 0.3 is 0 Å². The van der Waals surface area contributed by atoms with Crippen LogP contribution in [0.15, 0.2) is 206 Å². The van der Waals surface area contributed by atoms with Crippen LogP contribution in [0.5, 0.6) is 0 Å². The Kier molecular flexibility index (Phi) is 8.05. The third kappa shape index (κ3) is 5.44. The van der Waals surface area contributed by atoms with Crippen molar-refractivity contribution in [3.05, 3.63) is 206 Å². The normalized spacial score (nSPS) is 10.9. The Bertz CT molecular complexity index is 2170. The zero-order valence-corrected chi connectivity index (χ0v) is 26.6. The highest BCUT2D eigenvalue weighted by molar-refractivity contribution is 6.16. The van der Waals surface area contributed by atoms with Gasteiger partial charge in [-0.25, -0.2) is 0 Å². The Morgan fingerprint density at radius 3 is 0.646 bits per heavy atom. The van der Waals surface area contributed by atoms with E-state index in [0.717, 1.165) is 0 Å². The summed E-state index contributed by atoms with van der Waals surface area (Å²) in [4.78, 5) is 0. The van der Waals surface area contributed by atoms with Gasteiger partial charge in [-0.05, 0) is 77.9 Å². The first-order valence-corrected chi connectivity index (χ1v) is 16.5. The van der Waals surface area contributed by atoms with Gasteiger partial charge in [0, 0.05) is 0 Å². The standard InChI is InChI=1S/C48H34/c1-7-21-35(22-8-1)41-33-19-20-34-42(41)48-46(39-29-15-5-16-30-39)44(37-25-11-3-12-26-37)43(36-23-9-2-10-24-36)45(38-27-13-4-14-28-38)47(48)40-31-17-6-18-32-40/h1-34H. The molecule has 0 radical (unpaired) electrons. The molecule has 0 spiro atoms. The first-order chi connectivity index (χ1) is 23.9. The van der Waals surface area contributed by atoms with E-state index in [9.17, 15) is 0 Å². The summed E-state index contributed by atoms with van der Waals surface area (Å²) in [7, 11) is 0. The lowest BCUT2D eigenvalue weighted by molar-refractivity contribution is 1.51. The van der Waals surface area contributed by atoms with Crippen molar-refractivity contribution in [1.82, 2.24) is 0 Å². The molecule has 8 rings (SSSR count). The van der Waals surface area contributed by atoms with E-state index < -0.39 is 0 Å². The Balaban J connectivity index is 1.69. The summed E-state index contributed by atoms with van der Waals surface area (Å²) < 4.78 is 0. The summed E-state index contributed by atoms with van der Waals surface area (Å²) in [6.45, 7) is 0. The van der Waals surface area contributed by atoms with Crippen LogP contribution in [0.4, 0.5) is 0 Å². The van der Waals surface area contributed by atoms with Crippen molar-refractivity contribution >= 4 is 0 Å². The van der Waals surface area contributed by atoms with Crippen LogP contribution < -0.4 is 0 Å². The fourth-order valence-corrected chi connectivity index (χ4v) is 7.06. The fourth-order valence-electron chi connectivity index (χ4n) is 7.06. The molecule has 0 fully saturated rings. The van der Waals surface area contributed by atoms with Gasteiger partial charge in [-0.15, -0.1) is 0 Å². The van der Waals surface area contributed by atoms with E-state index in [1.165, 1.54) is 77.9 Å². The molecule has 8 aromatic rings. The summed E-state index contributed by atoms with van der Waals surface area (Å²) in [6, 6.07) is 74.4. The fraction of sp³-hybridized carbons (Fsp3) is 0. The van der Waals surface area contributed by atoms with E-state index in [0.29, 0.717) is 0 Å². The Morgan fingerprint density at radius 2 is 0.354 bits per heavy atom. The van der Waals surface area contributed by atoms with Crippen molar-refractivity contribution in [2.24, 2.45) is 0 Å². The van der Waals surface area contributed by atoms with Crippen molar-refractivity contribution < 1.29 is 0 Å². The maximum Gasteiger partial charge on any atom is -0.000764 e. The van der Waals surface area contributed by atoms with Crippen LogP contribution in [0, 0.1) is 0 Å². The Labute approximate surface area is 283 Å². The highest BCUT2D eigenvalue weighted by Gasteiger charge is 2.29. The monoisotopic (exact) mass is 610 g/mol. The number of benzene rings is 8. The molecule has 0 heteroatoms. The third-order valence-corrected chi connectivity index (χ3v) is 9.09. The van der Waals surface area contributed by atoms with Crippen molar-refractivity contribution in [2.45, 2.75) is 0 Å². The second kappa shape index (κ2) is 13.2. The minimum atomic E-state index is 1.18. The maximum atomic E-state index is 2.31.